The van der Waals surface area contributed by atoms with E-state index in [1.807, 2.05) is 11.0 Å². The average Bonchev–Trinajstić information content (AvgIpc) is 2.78. The molecule has 1 aromatic rings. The zero-order valence-corrected chi connectivity index (χ0v) is 11.3. The number of carbonyl (C=O) groups excluding carboxylic acids is 1. The fourth-order valence-electron chi connectivity index (χ4n) is 2.08. The van der Waals surface area contributed by atoms with Crippen molar-refractivity contribution >= 4 is 21.8 Å². The van der Waals surface area contributed by atoms with Gasteiger partial charge in [-0.2, -0.15) is 0 Å². The van der Waals surface area contributed by atoms with Crippen LogP contribution in [0.3, 0.4) is 0 Å². The third-order valence-corrected chi connectivity index (χ3v) is 3.58. The Bertz CT molecular complexity index is 411. The molecule has 1 aliphatic rings. The van der Waals surface area contributed by atoms with E-state index >= 15 is 0 Å². The van der Waals surface area contributed by atoms with Gasteiger partial charge in [-0.3, -0.25) is 4.79 Å². The highest BCUT2D eigenvalue weighted by molar-refractivity contribution is 9.10. The fourth-order valence-corrected chi connectivity index (χ4v) is 2.51. The van der Waals surface area contributed by atoms with Crippen LogP contribution in [0.15, 0.2) is 22.8 Å². The maximum absolute atomic E-state index is 12.2. The molecule has 0 aromatic carbocycles. The molecule has 5 heteroatoms. The molecular weight excluding hydrogens is 284 g/mol. The summed E-state index contributed by atoms with van der Waals surface area (Å²) in [6.45, 7) is 2.26. The van der Waals surface area contributed by atoms with Crippen LogP contribution in [0.25, 0.3) is 0 Å². The van der Waals surface area contributed by atoms with Gasteiger partial charge in [0.2, 0.25) is 0 Å². The SMILES string of the molecule is COCC1CCN(C(=O)c2ncccc2Br)C1. The molecule has 4 nitrogen and oxygen atoms in total. The summed E-state index contributed by atoms with van der Waals surface area (Å²) in [5, 5.41) is 0. The zero-order chi connectivity index (χ0) is 12.3. The molecule has 0 radical (unpaired) electrons. The smallest absolute Gasteiger partial charge is 0.273 e. The first-order chi connectivity index (χ1) is 8.22. The maximum atomic E-state index is 12.2. The molecule has 1 unspecified atom stereocenters. The van der Waals surface area contributed by atoms with Gasteiger partial charge in [0.15, 0.2) is 0 Å². The molecule has 0 bridgehead atoms. The third-order valence-electron chi connectivity index (χ3n) is 2.94. The van der Waals surface area contributed by atoms with Gasteiger partial charge in [-0.15, -0.1) is 0 Å². The number of amides is 1. The normalized spacial score (nSPS) is 19.6. The summed E-state index contributed by atoms with van der Waals surface area (Å²) < 4.78 is 5.87. The van der Waals surface area contributed by atoms with Gasteiger partial charge in [0.25, 0.3) is 5.91 Å². The summed E-state index contributed by atoms with van der Waals surface area (Å²) in [4.78, 5) is 18.2. The lowest BCUT2D eigenvalue weighted by Gasteiger charge is -2.16. The Morgan fingerprint density at radius 2 is 2.53 bits per heavy atom. The molecular formula is C12H15BrN2O2. The van der Waals surface area contributed by atoms with Gasteiger partial charge < -0.3 is 9.64 Å². The van der Waals surface area contributed by atoms with Gasteiger partial charge in [-0.1, -0.05) is 0 Å². The van der Waals surface area contributed by atoms with Gasteiger partial charge in [0, 0.05) is 36.8 Å². The Labute approximate surface area is 109 Å². The maximum Gasteiger partial charge on any atom is 0.273 e. The first-order valence-electron chi connectivity index (χ1n) is 5.61. The van der Waals surface area contributed by atoms with Crippen LogP contribution in [0.5, 0.6) is 0 Å². The molecule has 1 aliphatic heterocycles. The summed E-state index contributed by atoms with van der Waals surface area (Å²) in [7, 11) is 1.69. The lowest BCUT2D eigenvalue weighted by atomic mass is 10.1. The van der Waals surface area contributed by atoms with Crippen molar-refractivity contribution in [2.75, 3.05) is 26.8 Å². The topological polar surface area (TPSA) is 42.4 Å². The van der Waals surface area contributed by atoms with Crippen molar-refractivity contribution in [2.24, 2.45) is 5.92 Å². The third kappa shape index (κ3) is 2.84. The van der Waals surface area contributed by atoms with Crippen LogP contribution in [0.1, 0.15) is 16.9 Å². The number of methoxy groups -OCH3 is 1. The van der Waals surface area contributed by atoms with E-state index in [1.54, 1.807) is 19.4 Å². The summed E-state index contributed by atoms with van der Waals surface area (Å²) in [5.41, 5.74) is 0.491. The van der Waals surface area contributed by atoms with Gasteiger partial charge in [-0.05, 0) is 34.5 Å². The molecule has 0 spiro atoms. The molecule has 17 heavy (non-hydrogen) atoms. The van der Waals surface area contributed by atoms with Crippen LogP contribution in [-0.4, -0.2) is 42.6 Å². The van der Waals surface area contributed by atoms with Crippen LogP contribution in [0, 0.1) is 5.92 Å². The molecule has 0 N–H and O–H groups in total. The molecule has 92 valence electrons. The van der Waals surface area contributed by atoms with E-state index in [0.717, 1.165) is 24.0 Å². The van der Waals surface area contributed by atoms with Crippen LogP contribution in [-0.2, 0) is 4.74 Å². The first-order valence-corrected chi connectivity index (χ1v) is 6.40. The monoisotopic (exact) mass is 298 g/mol. The molecule has 1 atom stereocenters. The molecule has 0 saturated carbocycles. The van der Waals surface area contributed by atoms with Crippen LogP contribution < -0.4 is 0 Å². The Hall–Kier alpha value is -0.940. The minimum atomic E-state index is -0.00363. The van der Waals surface area contributed by atoms with E-state index in [4.69, 9.17) is 4.74 Å². The van der Waals surface area contributed by atoms with Gasteiger partial charge >= 0.3 is 0 Å². The van der Waals surface area contributed by atoms with Crippen LogP contribution in [0.4, 0.5) is 0 Å². The van der Waals surface area contributed by atoms with Crippen molar-refractivity contribution in [3.05, 3.63) is 28.5 Å². The van der Waals surface area contributed by atoms with Crippen LogP contribution in [0.2, 0.25) is 0 Å². The second-order valence-electron chi connectivity index (χ2n) is 4.20. The van der Waals surface area contributed by atoms with Crippen molar-refractivity contribution in [3.8, 4) is 0 Å². The molecule has 1 aromatic heterocycles. The first kappa shape index (κ1) is 12.5. The second-order valence-corrected chi connectivity index (χ2v) is 5.05. The number of halogens is 1. The fraction of sp³-hybridized carbons (Fsp3) is 0.500. The largest absolute Gasteiger partial charge is 0.384 e. The predicted octanol–water partition coefficient (Wildman–Crippen LogP) is 1.95. The van der Waals surface area contributed by atoms with Gasteiger partial charge in [-0.25, -0.2) is 4.98 Å². The molecule has 2 rings (SSSR count). The minimum Gasteiger partial charge on any atom is -0.384 e. The highest BCUT2D eigenvalue weighted by Crippen LogP contribution is 2.21. The van der Waals surface area contributed by atoms with Crippen molar-refractivity contribution in [2.45, 2.75) is 6.42 Å². The number of rotatable bonds is 3. The summed E-state index contributed by atoms with van der Waals surface area (Å²) in [6, 6.07) is 3.64. The standard InChI is InChI=1S/C12H15BrN2O2/c1-17-8-9-4-6-15(7-9)12(16)11-10(13)3-2-5-14-11/h2-3,5,9H,4,6-8H2,1H3. The highest BCUT2D eigenvalue weighted by Gasteiger charge is 2.28. The van der Waals surface area contributed by atoms with Crippen molar-refractivity contribution in [1.29, 1.82) is 0 Å². The number of likely N-dealkylation sites (tertiary alicyclic amines) is 1. The van der Waals surface area contributed by atoms with Crippen molar-refractivity contribution < 1.29 is 9.53 Å². The average molecular weight is 299 g/mol. The lowest BCUT2D eigenvalue weighted by molar-refractivity contribution is 0.0769. The second kappa shape index (κ2) is 5.60. The quantitative estimate of drug-likeness (QED) is 0.857. The van der Waals surface area contributed by atoms with Crippen LogP contribution >= 0.6 is 15.9 Å². The number of pyridine rings is 1. The van der Waals surface area contributed by atoms with Crippen molar-refractivity contribution in [3.63, 3.8) is 0 Å². The molecule has 1 amide bonds. The van der Waals surface area contributed by atoms with Gasteiger partial charge in [0.1, 0.15) is 5.69 Å². The van der Waals surface area contributed by atoms with E-state index in [0.29, 0.717) is 18.2 Å². The van der Waals surface area contributed by atoms with E-state index in [1.165, 1.54) is 0 Å². The Morgan fingerprint density at radius 1 is 1.71 bits per heavy atom. The van der Waals surface area contributed by atoms with E-state index in [9.17, 15) is 4.79 Å². The highest BCUT2D eigenvalue weighted by atomic mass is 79.9. The number of aromatic nitrogens is 1. The minimum absolute atomic E-state index is 0.00363. The molecule has 0 aliphatic carbocycles. The van der Waals surface area contributed by atoms with E-state index in [-0.39, 0.29) is 5.91 Å². The predicted molar refractivity (Wildman–Crippen MR) is 67.8 cm³/mol. The lowest BCUT2D eigenvalue weighted by Crippen LogP contribution is -2.30. The zero-order valence-electron chi connectivity index (χ0n) is 9.73. The van der Waals surface area contributed by atoms with E-state index in [2.05, 4.69) is 20.9 Å². The molecule has 2 heterocycles. The van der Waals surface area contributed by atoms with Crippen molar-refractivity contribution in [1.82, 2.24) is 9.88 Å². The Kier molecular flexibility index (Phi) is 4.12. The number of nitrogens with zero attached hydrogens (tertiary/aromatic N) is 2. The van der Waals surface area contributed by atoms with E-state index < -0.39 is 0 Å². The Balaban J connectivity index is 2.05. The molecule has 1 saturated heterocycles. The molecule has 1 fully saturated rings. The number of carbonyl (C=O) groups is 1. The number of ether oxygens (including phenoxy) is 1. The number of hydrogen-bond donors (Lipinski definition) is 0. The summed E-state index contributed by atoms with van der Waals surface area (Å²) >= 11 is 3.36. The Morgan fingerprint density at radius 3 is 3.24 bits per heavy atom. The summed E-state index contributed by atoms with van der Waals surface area (Å²) in [5.74, 6) is 0.447. The number of hydrogen-bond acceptors (Lipinski definition) is 3. The van der Waals surface area contributed by atoms with Gasteiger partial charge in [0.05, 0.1) is 6.61 Å². The summed E-state index contributed by atoms with van der Waals surface area (Å²) in [6.07, 6.45) is 2.64.